The van der Waals surface area contributed by atoms with Gasteiger partial charge in [-0.25, -0.2) is 0 Å². The molecule has 0 fully saturated rings. The molecule has 1 heterocycles. The summed E-state index contributed by atoms with van der Waals surface area (Å²) in [5.74, 6) is 0.491. The summed E-state index contributed by atoms with van der Waals surface area (Å²) in [7, 11) is 2.16. The molecule has 1 atom stereocenters. The van der Waals surface area contributed by atoms with Gasteiger partial charge in [-0.05, 0) is 77.5 Å². The van der Waals surface area contributed by atoms with E-state index in [4.69, 9.17) is 0 Å². The summed E-state index contributed by atoms with van der Waals surface area (Å²) < 4.78 is 0. The van der Waals surface area contributed by atoms with E-state index in [2.05, 4.69) is 85.8 Å². The second kappa shape index (κ2) is 7.59. The van der Waals surface area contributed by atoms with Gasteiger partial charge < -0.3 is 9.80 Å². The predicted molar refractivity (Wildman–Crippen MR) is 128 cm³/mol. The molecular weight excluding hydrogens is 364 g/mol. The Labute approximate surface area is 181 Å². The van der Waals surface area contributed by atoms with Gasteiger partial charge in [-0.2, -0.15) is 0 Å². The largest absolute Gasteiger partial charge is 0.370 e. The van der Waals surface area contributed by atoms with Gasteiger partial charge in [0.25, 0.3) is 0 Å². The minimum absolute atomic E-state index is 0.491. The zero-order chi connectivity index (χ0) is 20.8. The smallest absolute Gasteiger partial charge is 0.0439 e. The molecule has 1 aliphatic heterocycles. The number of hydrogen-bond donors (Lipinski definition) is 0. The third kappa shape index (κ3) is 2.97. The Morgan fingerprint density at radius 3 is 2.60 bits per heavy atom. The molecule has 0 saturated carbocycles. The van der Waals surface area contributed by atoms with Crippen LogP contribution in [0.5, 0.6) is 0 Å². The maximum absolute atomic E-state index is 4.34. The highest BCUT2D eigenvalue weighted by Crippen LogP contribution is 2.52. The summed E-state index contributed by atoms with van der Waals surface area (Å²) in [5.41, 5.74) is 12.7. The fourth-order valence-electron chi connectivity index (χ4n) is 5.51. The molecule has 154 valence electrons. The molecule has 2 aliphatic carbocycles. The third-order valence-electron chi connectivity index (χ3n) is 7.36. The van der Waals surface area contributed by atoms with Gasteiger partial charge in [0.15, 0.2) is 0 Å². The highest BCUT2D eigenvalue weighted by Gasteiger charge is 2.34. The van der Waals surface area contributed by atoms with Gasteiger partial charge in [-0.15, -0.1) is 0 Å². The van der Waals surface area contributed by atoms with Crippen molar-refractivity contribution in [1.29, 1.82) is 0 Å². The SMILES string of the molecule is C=C1c2ccc3c(c2CN1C)-c1cc(C2=CC=CC2)ccc1C3CCN(CC)CC. The molecule has 2 aromatic rings. The Hall–Kier alpha value is -2.58. The molecule has 0 bridgehead atoms. The molecular formula is C28H32N2. The van der Waals surface area contributed by atoms with Crippen molar-refractivity contribution in [2.45, 2.75) is 39.2 Å². The molecule has 2 aromatic carbocycles. The quantitative estimate of drug-likeness (QED) is 0.566. The lowest BCUT2D eigenvalue weighted by Gasteiger charge is -2.21. The first-order valence-corrected chi connectivity index (χ1v) is 11.4. The Kier molecular flexibility index (Phi) is 4.91. The summed E-state index contributed by atoms with van der Waals surface area (Å²) in [4.78, 5) is 4.84. The highest BCUT2D eigenvalue weighted by atomic mass is 15.1. The molecule has 30 heavy (non-hydrogen) atoms. The van der Waals surface area contributed by atoms with Crippen LogP contribution in [0.4, 0.5) is 0 Å². The van der Waals surface area contributed by atoms with Gasteiger partial charge in [0.05, 0.1) is 0 Å². The van der Waals surface area contributed by atoms with Crippen molar-refractivity contribution < 1.29 is 0 Å². The second-order valence-electron chi connectivity index (χ2n) is 8.85. The van der Waals surface area contributed by atoms with Crippen LogP contribution in [0.3, 0.4) is 0 Å². The van der Waals surface area contributed by atoms with Crippen LogP contribution in [-0.2, 0) is 6.54 Å². The van der Waals surface area contributed by atoms with Crippen LogP contribution >= 0.6 is 0 Å². The first-order valence-electron chi connectivity index (χ1n) is 11.4. The first-order chi connectivity index (χ1) is 14.6. The van der Waals surface area contributed by atoms with E-state index in [9.17, 15) is 0 Å². The van der Waals surface area contributed by atoms with Crippen LogP contribution in [-0.4, -0.2) is 36.5 Å². The third-order valence-corrected chi connectivity index (χ3v) is 7.36. The number of allylic oxidation sites excluding steroid dienone is 4. The Morgan fingerprint density at radius 1 is 1.07 bits per heavy atom. The zero-order valence-electron chi connectivity index (χ0n) is 18.5. The Morgan fingerprint density at radius 2 is 1.87 bits per heavy atom. The van der Waals surface area contributed by atoms with Crippen LogP contribution in [0.2, 0.25) is 0 Å². The summed E-state index contributed by atoms with van der Waals surface area (Å²) >= 11 is 0. The number of rotatable bonds is 6. The molecule has 1 unspecified atom stereocenters. The van der Waals surface area contributed by atoms with E-state index < -0.39 is 0 Å². The van der Waals surface area contributed by atoms with E-state index >= 15 is 0 Å². The molecule has 0 N–H and O–H groups in total. The van der Waals surface area contributed by atoms with E-state index in [1.807, 2.05) is 0 Å². The maximum Gasteiger partial charge on any atom is 0.0439 e. The van der Waals surface area contributed by atoms with Crippen molar-refractivity contribution in [2.24, 2.45) is 0 Å². The zero-order valence-corrected chi connectivity index (χ0v) is 18.5. The monoisotopic (exact) mass is 396 g/mol. The van der Waals surface area contributed by atoms with Gasteiger partial charge >= 0.3 is 0 Å². The molecule has 0 radical (unpaired) electrons. The number of benzene rings is 2. The summed E-state index contributed by atoms with van der Waals surface area (Å²) in [6, 6.07) is 11.9. The highest BCUT2D eigenvalue weighted by molar-refractivity contribution is 5.89. The summed E-state index contributed by atoms with van der Waals surface area (Å²) in [6.07, 6.45) is 8.92. The lowest BCUT2D eigenvalue weighted by atomic mass is 9.91. The van der Waals surface area contributed by atoms with Crippen LogP contribution in [0, 0.1) is 0 Å². The summed E-state index contributed by atoms with van der Waals surface area (Å²) in [5, 5.41) is 0. The average Bonchev–Trinajstić information content (AvgIpc) is 3.47. The number of hydrogen-bond acceptors (Lipinski definition) is 2. The minimum atomic E-state index is 0.491. The minimum Gasteiger partial charge on any atom is -0.370 e. The van der Waals surface area contributed by atoms with Gasteiger partial charge in [0, 0.05) is 30.8 Å². The predicted octanol–water partition coefficient (Wildman–Crippen LogP) is 6.29. The van der Waals surface area contributed by atoms with Gasteiger partial charge in [-0.3, -0.25) is 0 Å². The van der Waals surface area contributed by atoms with Crippen molar-refractivity contribution >= 4 is 11.3 Å². The molecule has 5 rings (SSSR count). The lowest BCUT2D eigenvalue weighted by Crippen LogP contribution is -2.25. The molecule has 0 amide bonds. The van der Waals surface area contributed by atoms with Crippen molar-refractivity contribution in [2.75, 3.05) is 26.7 Å². The van der Waals surface area contributed by atoms with E-state index in [-0.39, 0.29) is 0 Å². The van der Waals surface area contributed by atoms with Gasteiger partial charge in [0.1, 0.15) is 0 Å². The molecule has 0 aromatic heterocycles. The van der Waals surface area contributed by atoms with Crippen molar-refractivity contribution in [3.8, 4) is 11.1 Å². The molecule has 2 nitrogen and oxygen atoms in total. The molecule has 2 heteroatoms. The first kappa shape index (κ1) is 19.4. The normalized spacial score (nSPS) is 18.8. The molecule has 3 aliphatic rings. The van der Waals surface area contributed by atoms with E-state index in [1.165, 1.54) is 50.9 Å². The second-order valence-corrected chi connectivity index (χ2v) is 8.85. The standard InChI is InChI=1S/C28H32N2/c1-5-30(6-2)16-15-24-23-12-11-21(20-9-7-8-10-20)17-26(23)28-25(24)14-13-22-19(3)29(4)18-27(22)28/h7-9,11-14,17,24H,3,5-6,10,15-16,18H2,1-2,4H3. The Balaban J connectivity index is 1.62. The number of nitrogens with zero attached hydrogens (tertiary/aromatic N) is 2. The fourth-order valence-corrected chi connectivity index (χ4v) is 5.51. The lowest BCUT2D eigenvalue weighted by molar-refractivity contribution is 0.295. The van der Waals surface area contributed by atoms with E-state index in [1.54, 1.807) is 0 Å². The van der Waals surface area contributed by atoms with Gasteiger partial charge in [0.2, 0.25) is 0 Å². The topological polar surface area (TPSA) is 6.48 Å². The van der Waals surface area contributed by atoms with Crippen LogP contribution in [0.1, 0.15) is 60.4 Å². The summed E-state index contributed by atoms with van der Waals surface area (Å²) in [6.45, 7) is 13.2. The van der Waals surface area contributed by atoms with Crippen molar-refractivity contribution in [1.82, 2.24) is 9.80 Å². The van der Waals surface area contributed by atoms with Crippen LogP contribution in [0.25, 0.3) is 22.4 Å². The Bertz CT molecular complexity index is 1070. The van der Waals surface area contributed by atoms with Crippen LogP contribution in [0.15, 0.2) is 55.1 Å². The molecule has 0 saturated heterocycles. The van der Waals surface area contributed by atoms with Crippen LogP contribution < -0.4 is 0 Å². The maximum atomic E-state index is 4.34. The van der Waals surface area contributed by atoms with E-state index in [0.29, 0.717) is 5.92 Å². The van der Waals surface area contributed by atoms with E-state index in [0.717, 1.165) is 38.3 Å². The van der Waals surface area contributed by atoms with Gasteiger partial charge in [-0.1, -0.05) is 62.9 Å². The number of fused-ring (bicyclic) bond motifs is 5. The fraction of sp³-hybridized carbons (Fsp3) is 0.357. The van der Waals surface area contributed by atoms with Crippen molar-refractivity contribution in [3.63, 3.8) is 0 Å². The molecule has 0 spiro atoms. The average molecular weight is 397 g/mol. The van der Waals surface area contributed by atoms with Crippen molar-refractivity contribution in [3.05, 3.63) is 83.0 Å².